The molecule has 0 aromatic heterocycles. The Morgan fingerprint density at radius 3 is 2.22 bits per heavy atom. The van der Waals surface area contributed by atoms with Gasteiger partial charge in [0.05, 0.1) is 25.9 Å². The summed E-state index contributed by atoms with van der Waals surface area (Å²) in [6.07, 6.45) is -2.17. The summed E-state index contributed by atoms with van der Waals surface area (Å²) in [6, 6.07) is 13.5. The van der Waals surface area contributed by atoms with E-state index in [2.05, 4.69) is 5.32 Å². The molecule has 0 heterocycles. The van der Waals surface area contributed by atoms with E-state index in [1.807, 2.05) is 44.2 Å². The molecule has 0 fully saturated rings. The molecular weight excluding hydrogens is 414 g/mol. The lowest BCUT2D eigenvalue weighted by Crippen LogP contribution is -2.49. The first-order valence-corrected chi connectivity index (χ1v) is 10.7. The highest BCUT2D eigenvalue weighted by Gasteiger charge is 2.30. The van der Waals surface area contributed by atoms with Crippen LogP contribution >= 0.6 is 0 Å². The summed E-state index contributed by atoms with van der Waals surface area (Å²) in [5.41, 5.74) is 1.55. The number of ether oxygens (including phenoxy) is 4. The fourth-order valence-corrected chi connectivity index (χ4v) is 3.03. The Hall–Kier alpha value is -3.26. The molecule has 2 unspecified atom stereocenters. The van der Waals surface area contributed by atoms with E-state index in [0.717, 1.165) is 11.1 Å². The van der Waals surface area contributed by atoms with Crippen LogP contribution in [0.1, 0.15) is 31.9 Å². The second-order valence-electron chi connectivity index (χ2n) is 6.86. The number of carbonyl (C=O) groups is 2. The lowest BCUT2D eigenvalue weighted by atomic mass is 10.0. The monoisotopic (exact) mass is 445 g/mol. The van der Waals surface area contributed by atoms with Crippen molar-refractivity contribution in [1.29, 1.82) is 0 Å². The molecule has 2 aromatic carbocycles. The minimum absolute atomic E-state index is 0.0619. The fourth-order valence-electron chi connectivity index (χ4n) is 3.03. The topological polar surface area (TPSA) is 103 Å². The number of alkyl carbamates (subject to hydrolysis) is 1. The molecule has 2 N–H and O–H groups in total. The van der Waals surface area contributed by atoms with Crippen molar-refractivity contribution in [3.8, 4) is 11.5 Å². The van der Waals surface area contributed by atoms with Crippen LogP contribution in [0.25, 0.3) is 0 Å². The minimum Gasteiger partial charge on any atom is -0.490 e. The number of benzene rings is 2. The molecule has 0 aliphatic carbocycles. The molecule has 8 heteroatoms. The number of aliphatic hydroxyl groups is 1. The first kappa shape index (κ1) is 25.0. The van der Waals surface area contributed by atoms with E-state index < -0.39 is 24.2 Å². The Morgan fingerprint density at radius 2 is 1.56 bits per heavy atom. The lowest BCUT2D eigenvalue weighted by molar-refractivity contribution is -0.154. The van der Waals surface area contributed by atoms with Gasteiger partial charge in [-0.25, -0.2) is 9.59 Å². The number of aliphatic hydroxyl groups excluding tert-OH is 1. The molecule has 0 radical (unpaired) electrons. The third kappa shape index (κ3) is 7.77. The van der Waals surface area contributed by atoms with Gasteiger partial charge < -0.3 is 29.4 Å². The van der Waals surface area contributed by atoms with Gasteiger partial charge in [-0.2, -0.15) is 0 Å². The van der Waals surface area contributed by atoms with E-state index >= 15 is 0 Å². The smallest absolute Gasteiger partial charge is 0.407 e. The van der Waals surface area contributed by atoms with Gasteiger partial charge in [-0.3, -0.25) is 0 Å². The van der Waals surface area contributed by atoms with Gasteiger partial charge in [-0.1, -0.05) is 36.4 Å². The van der Waals surface area contributed by atoms with Gasteiger partial charge in [0.2, 0.25) is 0 Å². The highest BCUT2D eigenvalue weighted by atomic mass is 16.6. The van der Waals surface area contributed by atoms with Crippen LogP contribution in [-0.4, -0.2) is 49.1 Å². The van der Waals surface area contributed by atoms with Gasteiger partial charge in [-0.05, 0) is 50.5 Å². The van der Waals surface area contributed by atoms with Gasteiger partial charge in [0.25, 0.3) is 0 Å². The molecule has 32 heavy (non-hydrogen) atoms. The summed E-state index contributed by atoms with van der Waals surface area (Å²) in [6.45, 7) is 6.48. The van der Waals surface area contributed by atoms with E-state index in [-0.39, 0.29) is 19.6 Å². The molecule has 0 saturated carbocycles. The average Bonchev–Trinajstić information content (AvgIpc) is 2.79. The number of nitrogens with one attached hydrogen (secondary N) is 1. The summed E-state index contributed by atoms with van der Waals surface area (Å²) in [4.78, 5) is 24.5. The highest BCUT2D eigenvalue weighted by Crippen LogP contribution is 2.29. The Morgan fingerprint density at radius 1 is 0.875 bits per heavy atom. The van der Waals surface area contributed by atoms with E-state index in [1.54, 1.807) is 25.1 Å². The normalized spacial score (nSPS) is 12.4. The van der Waals surface area contributed by atoms with Crippen LogP contribution in [0.5, 0.6) is 11.5 Å². The van der Waals surface area contributed by atoms with Crippen molar-refractivity contribution >= 4 is 12.1 Å². The average molecular weight is 446 g/mol. The number of amides is 1. The quantitative estimate of drug-likeness (QED) is 0.484. The SMILES string of the molecule is CCOC(=O)C(O)C(Cc1ccc(OCC)c(OCC)c1)NC(=O)OCc1ccccc1. The standard InChI is InChI=1S/C24H31NO7/c1-4-29-20-13-12-18(15-21(20)30-5-2)14-19(22(26)23(27)31-6-3)25-24(28)32-16-17-10-8-7-9-11-17/h7-13,15,19,22,26H,4-6,14,16H2,1-3H3,(H,25,28). The van der Waals surface area contributed by atoms with Gasteiger partial charge in [0.1, 0.15) is 6.61 Å². The number of hydrogen-bond acceptors (Lipinski definition) is 7. The maximum Gasteiger partial charge on any atom is 0.407 e. The summed E-state index contributed by atoms with van der Waals surface area (Å²) >= 11 is 0. The number of rotatable bonds is 12. The zero-order valence-corrected chi connectivity index (χ0v) is 18.7. The predicted molar refractivity (Wildman–Crippen MR) is 119 cm³/mol. The molecule has 0 bridgehead atoms. The van der Waals surface area contributed by atoms with Crippen molar-refractivity contribution in [2.75, 3.05) is 19.8 Å². The molecule has 2 rings (SSSR count). The second kappa shape index (κ2) is 13.2. The van der Waals surface area contributed by atoms with Gasteiger partial charge >= 0.3 is 12.1 Å². The Labute approximate surface area is 188 Å². The van der Waals surface area contributed by atoms with Crippen molar-refractivity contribution < 1.29 is 33.6 Å². The number of carbonyl (C=O) groups excluding carboxylic acids is 2. The van der Waals surface area contributed by atoms with Crippen LogP contribution < -0.4 is 14.8 Å². The minimum atomic E-state index is -1.57. The molecule has 0 spiro atoms. The lowest BCUT2D eigenvalue weighted by Gasteiger charge is -2.23. The number of hydrogen-bond donors (Lipinski definition) is 2. The largest absolute Gasteiger partial charge is 0.490 e. The summed E-state index contributed by atoms with van der Waals surface area (Å²) < 4.78 is 21.4. The molecule has 0 aliphatic heterocycles. The highest BCUT2D eigenvalue weighted by molar-refractivity contribution is 5.77. The molecule has 2 aromatic rings. The van der Waals surface area contributed by atoms with Crippen LogP contribution in [-0.2, 0) is 27.3 Å². The predicted octanol–water partition coefficient (Wildman–Crippen LogP) is 3.25. The zero-order valence-electron chi connectivity index (χ0n) is 18.7. The molecular formula is C24H31NO7. The van der Waals surface area contributed by atoms with Crippen molar-refractivity contribution in [1.82, 2.24) is 5.32 Å². The third-order valence-corrected chi connectivity index (χ3v) is 4.49. The fraction of sp³-hybridized carbons (Fsp3) is 0.417. The van der Waals surface area contributed by atoms with Crippen LogP contribution in [0.3, 0.4) is 0 Å². The number of esters is 1. The maximum absolute atomic E-state index is 12.4. The van der Waals surface area contributed by atoms with Crippen LogP contribution in [0.2, 0.25) is 0 Å². The first-order valence-electron chi connectivity index (χ1n) is 10.7. The van der Waals surface area contributed by atoms with Crippen molar-refractivity contribution in [2.45, 2.75) is 45.9 Å². The van der Waals surface area contributed by atoms with E-state index in [9.17, 15) is 14.7 Å². The van der Waals surface area contributed by atoms with E-state index in [1.165, 1.54) is 0 Å². The Bertz CT molecular complexity index is 857. The Balaban J connectivity index is 2.14. The second-order valence-corrected chi connectivity index (χ2v) is 6.86. The third-order valence-electron chi connectivity index (χ3n) is 4.49. The van der Waals surface area contributed by atoms with Gasteiger partial charge in [0, 0.05) is 0 Å². The van der Waals surface area contributed by atoms with Crippen molar-refractivity contribution in [3.05, 3.63) is 59.7 Å². The van der Waals surface area contributed by atoms with Gasteiger partial charge in [-0.15, -0.1) is 0 Å². The maximum atomic E-state index is 12.4. The van der Waals surface area contributed by atoms with E-state index in [0.29, 0.717) is 24.7 Å². The molecule has 2 atom stereocenters. The molecule has 174 valence electrons. The molecule has 0 saturated heterocycles. The van der Waals surface area contributed by atoms with Crippen LogP contribution in [0.4, 0.5) is 4.79 Å². The van der Waals surface area contributed by atoms with E-state index in [4.69, 9.17) is 18.9 Å². The molecule has 8 nitrogen and oxygen atoms in total. The summed E-state index contributed by atoms with van der Waals surface area (Å²) in [5, 5.41) is 13.1. The van der Waals surface area contributed by atoms with Crippen molar-refractivity contribution in [3.63, 3.8) is 0 Å². The van der Waals surface area contributed by atoms with Crippen molar-refractivity contribution in [2.24, 2.45) is 0 Å². The first-order chi connectivity index (χ1) is 15.5. The summed E-state index contributed by atoms with van der Waals surface area (Å²) in [5.74, 6) is 0.315. The summed E-state index contributed by atoms with van der Waals surface area (Å²) in [7, 11) is 0. The molecule has 0 aliphatic rings. The molecule has 1 amide bonds. The van der Waals surface area contributed by atoms with Gasteiger partial charge in [0.15, 0.2) is 17.6 Å². The Kier molecular flexibility index (Phi) is 10.3. The zero-order chi connectivity index (χ0) is 23.3. The van der Waals surface area contributed by atoms with Crippen LogP contribution in [0.15, 0.2) is 48.5 Å². The van der Waals surface area contributed by atoms with Crippen LogP contribution in [0, 0.1) is 0 Å².